The number of nitrogens with zero attached hydrogens (tertiary/aromatic N) is 1. The lowest BCUT2D eigenvalue weighted by molar-refractivity contribution is 0.0439. The van der Waals surface area contributed by atoms with E-state index in [2.05, 4.69) is 4.98 Å². The van der Waals surface area contributed by atoms with Crippen LogP contribution in [-0.2, 0) is 11.3 Å². The minimum atomic E-state index is -0.537. The number of carbonyl (C=O) groups is 1. The van der Waals surface area contributed by atoms with E-state index >= 15 is 0 Å². The van der Waals surface area contributed by atoms with E-state index in [9.17, 15) is 4.79 Å². The van der Waals surface area contributed by atoms with E-state index in [1.54, 1.807) is 18.3 Å². The maximum Gasteiger partial charge on any atom is 0.338 e. The van der Waals surface area contributed by atoms with Crippen molar-refractivity contribution in [2.75, 3.05) is 5.73 Å². The van der Waals surface area contributed by atoms with Gasteiger partial charge in [-0.05, 0) is 42.5 Å². The van der Waals surface area contributed by atoms with Crippen LogP contribution < -0.4 is 5.73 Å². The lowest BCUT2D eigenvalue weighted by Crippen LogP contribution is -2.06. The lowest BCUT2D eigenvalue weighted by atomic mass is 10.2. The first-order valence-electron chi connectivity index (χ1n) is 6.96. The van der Waals surface area contributed by atoms with Crippen LogP contribution in [0.2, 0.25) is 10.0 Å². The summed E-state index contributed by atoms with van der Waals surface area (Å²) in [7, 11) is 0. The van der Waals surface area contributed by atoms with Crippen LogP contribution in [0.15, 0.2) is 53.1 Å². The number of nitrogens with two attached hydrogens (primary N) is 1. The summed E-state index contributed by atoms with van der Waals surface area (Å²) in [6.07, 6.45) is 1.56. The number of halogens is 2. The highest BCUT2D eigenvalue weighted by molar-refractivity contribution is 6.33. The average molecular weight is 363 g/mol. The Bertz CT molecular complexity index is 876. The van der Waals surface area contributed by atoms with Crippen LogP contribution in [0.25, 0.3) is 11.3 Å². The summed E-state index contributed by atoms with van der Waals surface area (Å²) in [5.41, 5.74) is 7.11. The first-order chi connectivity index (χ1) is 11.5. The molecule has 1 aromatic heterocycles. The molecular weight excluding hydrogens is 351 g/mol. The van der Waals surface area contributed by atoms with Crippen molar-refractivity contribution in [1.82, 2.24) is 4.98 Å². The molecule has 0 fully saturated rings. The predicted molar refractivity (Wildman–Crippen MR) is 91.9 cm³/mol. The second-order valence-corrected chi connectivity index (χ2v) is 5.78. The first-order valence-corrected chi connectivity index (χ1v) is 7.71. The van der Waals surface area contributed by atoms with E-state index < -0.39 is 5.97 Å². The van der Waals surface area contributed by atoms with Gasteiger partial charge in [-0.2, -0.15) is 0 Å². The third kappa shape index (κ3) is 3.69. The van der Waals surface area contributed by atoms with Crippen molar-refractivity contribution in [2.45, 2.75) is 6.61 Å². The van der Waals surface area contributed by atoms with Gasteiger partial charge in [-0.25, -0.2) is 9.78 Å². The summed E-state index contributed by atoms with van der Waals surface area (Å²) >= 11 is 11.7. The van der Waals surface area contributed by atoms with Crippen LogP contribution in [0.3, 0.4) is 0 Å². The van der Waals surface area contributed by atoms with Gasteiger partial charge in [-0.3, -0.25) is 0 Å². The minimum absolute atomic E-state index is 0.0883. The topological polar surface area (TPSA) is 78.4 Å². The van der Waals surface area contributed by atoms with Gasteiger partial charge in [0, 0.05) is 10.6 Å². The summed E-state index contributed by atoms with van der Waals surface area (Å²) in [5, 5.41) is 1.02. The Kier molecular flexibility index (Phi) is 4.74. The van der Waals surface area contributed by atoms with Gasteiger partial charge in [-0.1, -0.05) is 23.2 Å². The summed E-state index contributed by atoms with van der Waals surface area (Å²) < 4.78 is 10.7. The number of benzene rings is 2. The molecule has 2 N–H and O–H groups in total. The standard InChI is InChI=1S/C17H12Cl2N2O3/c18-12-4-1-10(2-5-12)15-8-21-16(24-15)9-23-17(22)11-3-6-13(19)14(20)7-11/h1-8H,9,20H2. The van der Waals surface area contributed by atoms with Crippen LogP contribution in [0.4, 0.5) is 5.69 Å². The molecule has 0 amide bonds. The molecule has 3 aromatic rings. The van der Waals surface area contributed by atoms with Gasteiger partial charge in [0.05, 0.1) is 22.5 Å². The van der Waals surface area contributed by atoms with Crippen LogP contribution in [0, 0.1) is 0 Å². The fourth-order valence-corrected chi connectivity index (χ4v) is 2.25. The zero-order valence-electron chi connectivity index (χ0n) is 12.3. The highest BCUT2D eigenvalue weighted by Crippen LogP contribution is 2.23. The Hall–Kier alpha value is -2.50. The summed E-state index contributed by atoms with van der Waals surface area (Å²) in [6, 6.07) is 11.7. The van der Waals surface area contributed by atoms with Gasteiger partial charge in [0.2, 0.25) is 5.89 Å². The molecule has 1 heterocycles. The third-order valence-corrected chi connectivity index (χ3v) is 3.84. The number of aromatic nitrogens is 1. The van der Waals surface area contributed by atoms with Crippen molar-refractivity contribution in [3.63, 3.8) is 0 Å². The van der Waals surface area contributed by atoms with Crippen molar-refractivity contribution >= 4 is 34.9 Å². The Balaban J connectivity index is 1.65. The molecule has 0 radical (unpaired) electrons. The SMILES string of the molecule is Nc1cc(C(=O)OCc2ncc(-c3ccc(Cl)cc3)o2)ccc1Cl. The van der Waals surface area contributed by atoms with Crippen molar-refractivity contribution in [3.05, 3.63) is 70.2 Å². The molecule has 3 rings (SSSR count). The molecule has 0 bridgehead atoms. The summed E-state index contributed by atoms with van der Waals surface area (Å²) in [5.74, 6) is 0.313. The number of nitrogen functional groups attached to an aromatic ring is 1. The number of ether oxygens (including phenoxy) is 1. The van der Waals surface area contributed by atoms with Gasteiger partial charge >= 0.3 is 5.97 Å². The smallest absolute Gasteiger partial charge is 0.338 e. The van der Waals surface area contributed by atoms with Crippen molar-refractivity contribution in [3.8, 4) is 11.3 Å². The van der Waals surface area contributed by atoms with Gasteiger partial charge in [0.25, 0.3) is 0 Å². The number of oxazole rings is 1. The van der Waals surface area contributed by atoms with Crippen LogP contribution in [0.1, 0.15) is 16.2 Å². The molecular formula is C17H12Cl2N2O3. The molecule has 5 nitrogen and oxygen atoms in total. The Morgan fingerprint density at radius 2 is 1.92 bits per heavy atom. The quantitative estimate of drug-likeness (QED) is 0.542. The molecule has 7 heteroatoms. The van der Waals surface area contributed by atoms with E-state index in [-0.39, 0.29) is 12.5 Å². The molecule has 0 saturated carbocycles. The molecule has 0 aliphatic rings. The monoisotopic (exact) mass is 362 g/mol. The fourth-order valence-electron chi connectivity index (χ4n) is 2.01. The largest absolute Gasteiger partial charge is 0.452 e. The van der Waals surface area contributed by atoms with E-state index in [0.717, 1.165) is 5.56 Å². The first kappa shape index (κ1) is 16.4. The zero-order chi connectivity index (χ0) is 17.1. The van der Waals surface area contributed by atoms with E-state index in [1.807, 2.05) is 12.1 Å². The fraction of sp³-hybridized carbons (Fsp3) is 0.0588. The summed E-state index contributed by atoms with van der Waals surface area (Å²) in [6.45, 7) is -0.0883. The van der Waals surface area contributed by atoms with E-state index in [0.29, 0.717) is 27.1 Å². The molecule has 24 heavy (non-hydrogen) atoms. The number of hydrogen-bond acceptors (Lipinski definition) is 5. The molecule has 0 unspecified atom stereocenters. The molecule has 0 atom stereocenters. The van der Waals surface area contributed by atoms with Crippen LogP contribution in [0.5, 0.6) is 0 Å². The Morgan fingerprint density at radius 3 is 2.62 bits per heavy atom. The van der Waals surface area contributed by atoms with Crippen LogP contribution in [-0.4, -0.2) is 11.0 Å². The number of rotatable bonds is 4. The number of esters is 1. The van der Waals surface area contributed by atoms with E-state index in [1.165, 1.54) is 18.2 Å². The predicted octanol–water partition coefficient (Wildman–Crippen LogP) is 4.59. The van der Waals surface area contributed by atoms with Crippen molar-refractivity contribution < 1.29 is 13.9 Å². The molecule has 122 valence electrons. The Morgan fingerprint density at radius 1 is 1.17 bits per heavy atom. The normalized spacial score (nSPS) is 10.6. The second kappa shape index (κ2) is 6.95. The van der Waals surface area contributed by atoms with E-state index in [4.69, 9.17) is 38.1 Å². The number of carbonyl (C=O) groups excluding carboxylic acids is 1. The van der Waals surface area contributed by atoms with Gasteiger partial charge in [-0.15, -0.1) is 0 Å². The summed E-state index contributed by atoms with van der Waals surface area (Å²) in [4.78, 5) is 16.1. The molecule has 0 aliphatic heterocycles. The molecule has 0 spiro atoms. The molecule has 2 aromatic carbocycles. The van der Waals surface area contributed by atoms with Crippen molar-refractivity contribution in [2.24, 2.45) is 0 Å². The zero-order valence-corrected chi connectivity index (χ0v) is 13.8. The average Bonchev–Trinajstić information content (AvgIpc) is 3.05. The highest BCUT2D eigenvalue weighted by Gasteiger charge is 2.12. The van der Waals surface area contributed by atoms with Crippen molar-refractivity contribution in [1.29, 1.82) is 0 Å². The number of hydrogen-bond donors (Lipinski definition) is 1. The maximum atomic E-state index is 12.0. The third-order valence-electron chi connectivity index (χ3n) is 3.24. The second-order valence-electron chi connectivity index (χ2n) is 4.94. The minimum Gasteiger partial charge on any atom is -0.452 e. The number of anilines is 1. The lowest BCUT2D eigenvalue weighted by Gasteiger charge is -2.04. The van der Waals surface area contributed by atoms with Gasteiger partial charge in [0.1, 0.15) is 0 Å². The molecule has 0 aliphatic carbocycles. The van der Waals surface area contributed by atoms with Gasteiger partial charge < -0.3 is 14.9 Å². The maximum absolute atomic E-state index is 12.0. The van der Waals surface area contributed by atoms with Gasteiger partial charge in [0.15, 0.2) is 12.4 Å². The van der Waals surface area contributed by atoms with Crippen LogP contribution >= 0.6 is 23.2 Å². The highest BCUT2D eigenvalue weighted by atomic mass is 35.5. The Labute approximate surface area is 148 Å². The molecule has 0 saturated heterocycles.